The van der Waals surface area contributed by atoms with E-state index in [1.807, 2.05) is 34.6 Å². The molecule has 6 unspecified atom stereocenters. The highest BCUT2D eigenvalue weighted by Crippen LogP contribution is 2.50. The van der Waals surface area contributed by atoms with Gasteiger partial charge in [0, 0.05) is 52.7 Å². The molecule has 52 heteroatoms. The topological polar surface area (TPSA) is 118 Å². The first kappa shape index (κ1) is 126. The van der Waals surface area contributed by atoms with Gasteiger partial charge in [-0.2, -0.15) is 133 Å². The van der Waals surface area contributed by atoms with Crippen molar-refractivity contribution in [2.75, 3.05) is 64.4 Å². The van der Waals surface area contributed by atoms with Crippen LogP contribution in [0.1, 0.15) is 49.7 Å². The van der Waals surface area contributed by atoms with Gasteiger partial charge in [0.1, 0.15) is 16.1 Å². The number of carbonyl (C=O) groups excluding carboxylic acids is 4. The molecule has 0 aliphatic heterocycles. The molecule has 0 saturated heterocycles. The van der Waals surface area contributed by atoms with Crippen LogP contribution in [-0.4, -0.2) is 218 Å². The Hall–Kier alpha value is -9.65. The van der Waals surface area contributed by atoms with Crippen molar-refractivity contribution < 1.29 is 197 Å². The fraction of sp³-hybridized carbons (Fsp3) is 0.415. The number of aryl methyl sites for hydroxylation is 2. The summed E-state index contributed by atoms with van der Waals surface area (Å²) in [4.78, 5) is 52.2. The van der Waals surface area contributed by atoms with Gasteiger partial charge in [-0.3, -0.25) is 9.59 Å². The fourth-order valence-corrected chi connectivity index (χ4v) is 18.1. The molecule has 4 aromatic rings. The summed E-state index contributed by atoms with van der Waals surface area (Å²) in [5, 5.41) is 3.24. The molecular formula is C82H92F36N4O8Si4. The molecule has 0 saturated carbocycles. The van der Waals surface area contributed by atoms with Crippen molar-refractivity contribution in [3.63, 3.8) is 0 Å². The van der Waals surface area contributed by atoms with Gasteiger partial charge in [-0.05, 0) is 98.5 Å². The van der Waals surface area contributed by atoms with E-state index >= 15 is 8.78 Å². The average molecular weight is 2060 g/mol. The van der Waals surface area contributed by atoms with Crippen molar-refractivity contribution in [1.82, 2.24) is 9.80 Å². The number of unbranched alkanes of at least 4 members (excludes halogenated alkanes) is 2. The average Bonchev–Trinajstić information content (AvgIpc) is 0.740. The van der Waals surface area contributed by atoms with Crippen molar-refractivity contribution in [3.8, 4) is 0 Å². The number of benzene rings is 4. The molecule has 0 bridgehead atoms. The van der Waals surface area contributed by atoms with Gasteiger partial charge in [0.2, 0.25) is 24.4 Å². The SMILES string of the molecule is C=C[Si](C)(C=C)c1cccc(CCCCN(C)C(=O)F)c1.C=C[Si](C)(C=C)c1cccc(N(C)C(=O)C(F)(C(OC(F)(F)CF)C(F)(F)F)C(F)(F)F)c1.C=C[Si](C=C)(C=C)c1cccc(CCCCN(C)C(=O)F)c1.C=C[Si](C=C)(C=C)c1cccc(N(C)C(=O)C(F)(C(OC(F)(F)CF)C(F)(F)F)C(F)(F)F)c1.FOC(CC(F)(F)F)C(F)(F)F.FOC(CC(F)(F)F)C(F)(F)F. The highest BCUT2D eigenvalue weighted by atomic mass is 28.3. The highest BCUT2D eigenvalue weighted by Gasteiger charge is 2.77. The fourth-order valence-electron chi connectivity index (χ4n) is 10.9. The predicted molar refractivity (Wildman–Crippen MR) is 441 cm³/mol. The van der Waals surface area contributed by atoms with Crippen LogP contribution in [0, 0.1) is 0 Å². The van der Waals surface area contributed by atoms with Crippen molar-refractivity contribution in [1.29, 1.82) is 0 Å². The van der Waals surface area contributed by atoms with E-state index in [1.54, 1.807) is 6.55 Å². The van der Waals surface area contributed by atoms with E-state index in [0.717, 1.165) is 72.6 Å². The van der Waals surface area contributed by atoms with Crippen LogP contribution in [0.3, 0.4) is 0 Å². The number of carbonyl (C=O) groups is 4. The van der Waals surface area contributed by atoms with E-state index in [4.69, 9.17) is 0 Å². The molecule has 0 fully saturated rings. The number of rotatable bonds is 40. The summed E-state index contributed by atoms with van der Waals surface area (Å²) < 4.78 is 457. The second-order valence-electron chi connectivity index (χ2n) is 28.9. The van der Waals surface area contributed by atoms with Gasteiger partial charge >= 0.3 is 85.3 Å². The van der Waals surface area contributed by atoms with E-state index in [9.17, 15) is 169 Å². The van der Waals surface area contributed by atoms with Gasteiger partial charge in [-0.25, -0.2) is 27.2 Å². The number of nitrogens with zero attached hydrogens (tertiary/aromatic N) is 4. The van der Waals surface area contributed by atoms with Gasteiger partial charge < -0.3 is 29.1 Å². The molecule has 0 heterocycles. The maximum Gasteiger partial charge on any atom is 0.434 e. The minimum Gasteiger partial charge on any atom is -0.318 e. The highest BCUT2D eigenvalue weighted by molar-refractivity contribution is 7.04. The Morgan fingerprint density at radius 1 is 0.366 bits per heavy atom. The van der Waals surface area contributed by atoms with Crippen LogP contribution >= 0.6 is 0 Å². The molecule has 0 aliphatic carbocycles. The first-order valence-corrected chi connectivity index (χ1v) is 47.5. The summed E-state index contributed by atoms with van der Waals surface area (Å²) in [5.74, 6) is -5.82. The van der Waals surface area contributed by atoms with Crippen LogP contribution in [-0.2, 0) is 41.8 Å². The Bertz CT molecular complexity index is 4410. The molecule has 0 aromatic heterocycles. The smallest absolute Gasteiger partial charge is 0.318 e. The molecule has 0 aliphatic rings. The van der Waals surface area contributed by atoms with E-state index in [0.29, 0.717) is 37.6 Å². The zero-order chi connectivity index (χ0) is 105. The maximum atomic E-state index is 15.1. The lowest BCUT2D eigenvalue weighted by Gasteiger charge is -2.38. The molecule has 12 nitrogen and oxygen atoms in total. The van der Waals surface area contributed by atoms with E-state index in [1.165, 1.54) is 88.4 Å². The van der Waals surface area contributed by atoms with Crippen LogP contribution < -0.4 is 30.5 Å². The lowest BCUT2D eigenvalue weighted by molar-refractivity contribution is -0.376. The normalized spacial score (nSPS) is 14.3. The summed E-state index contributed by atoms with van der Waals surface area (Å²) in [7, 11) is -5.32. The maximum absolute atomic E-state index is 15.1. The van der Waals surface area contributed by atoms with Gasteiger partial charge in [-0.15, -0.1) is 74.6 Å². The van der Waals surface area contributed by atoms with Gasteiger partial charge in [0.25, 0.3) is 11.8 Å². The molecule has 6 atom stereocenters. The predicted octanol–water partition coefficient (Wildman–Crippen LogP) is 23.6. The molecule has 0 spiro atoms. The Kier molecular flexibility index (Phi) is 49.1. The largest absolute Gasteiger partial charge is 0.434 e. The van der Waals surface area contributed by atoms with E-state index in [2.05, 4.69) is 134 Å². The zero-order valence-corrected chi connectivity index (χ0v) is 75.5. The first-order valence-electron chi connectivity index (χ1n) is 37.7. The Labute approximate surface area is 749 Å². The van der Waals surface area contributed by atoms with Crippen molar-refractivity contribution >= 4 is 88.6 Å². The summed E-state index contributed by atoms with van der Waals surface area (Å²) in [6, 6.07) is 26.4. The standard InChI is InChI=1S/C20H19F10NO2Si.C19H19F10NO2Si.C18H24FNOSi.C17H24FNOSi.2C4H3F7O/c1-5-34(6-2,7-3)14-10-8-9-13(11-14)31(4)16(32)18(24,20(28,29)30)15(19(25,26)27)33-17(22,23)12-21;1-5-33(4,6-2)13-9-7-8-12(10-13)30(3)15(31)17(23,19(27,28)29)14(18(24,25)26)32-16(21,22)11-20;1-5-22(6-2,7-3)17-13-10-12-16(15-17)11-8-9-14-20(4)18(19)21;1-5-21(4,6-2)16-12-9-11-15(14-16)10-7-8-13-19(3)17(18)20;2*5-3(6,7)1-2(12-11)4(8,9)10/h5-11,15H,1-3,12H2,4H3;5-10,14H,1-2,11H2,3-4H3;5-7,10,12-13,15H,1-3,8-9,11,14H2,4H3;5-6,9,11-12,14H,1-2,7-8,10,13H2,3-4H3;2*2H,1H2. The van der Waals surface area contributed by atoms with Crippen LogP contribution in [0.5, 0.6) is 0 Å². The van der Waals surface area contributed by atoms with Gasteiger partial charge in [0.05, 0.1) is 12.8 Å². The molecule has 0 N–H and O–H groups in total. The Morgan fingerprint density at radius 3 is 0.843 bits per heavy atom. The lowest BCUT2D eigenvalue weighted by Crippen LogP contribution is -2.67. The quantitative estimate of drug-likeness (QED) is 0.0142. The minimum absolute atomic E-state index is 0.117. The molecule has 4 amide bonds. The van der Waals surface area contributed by atoms with Crippen molar-refractivity contribution in [2.24, 2.45) is 0 Å². The summed E-state index contributed by atoms with van der Waals surface area (Å²) in [6.45, 7) is 36.6. The molecule has 4 rings (SSSR count). The number of hydrogen-bond acceptors (Lipinski definition) is 8. The number of anilines is 2. The van der Waals surface area contributed by atoms with Crippen LogP contribution in [0.4, 0.5) is 179 Å². The third kappa shape index (κ3) is 37.8. The molecule has 4 aromatic carbocycles. The second kappa shape index (κ2) is 52.0. The van der Waals surface area contributed by atoms with Crippen molar-refractivity contribution in [3.05, 3.63) is 231 Å². The Balaban J connectivity index is 0. The van der Waals surface area contributed by atoms with E-state index in [-0.39, 0.29) is 9.80 Å². The van der Waals surface area contributed by atoms with Crippen molar-refractivity contribution in [2.45, 2.75) is 162 Å². The Morgan fingerprint density at radius 2 is 0.619 bits per heavy atom. The summed E-state index contributed by atoms with van der Waals surface area (Å²) in [6.07, 6.45) is -77.4. The number of alkyl halides is 32. The monoisotopic (exact) mass is 2060 g/mol. The van der Waals surface area contributed by atoms with Gasteiger partial charge in [0.15, 0.2) is 29.5 Å². The summed E-state index contributed by atoms with van der Waals surface area (Å²) in [5.41, 5.74) is 6.69. The minimum atomic E-state index is -6.69. The molecule has 756 valence electrons. The number of amides is 4. The summed E-state index contributed by atoms with van der Waals surface area (Å²) >= 11 is 0. The second-order valence-corrected chi connectivity index (χ2v) is 44.1. The lowest BCUT2D eigenvalue weighted by atomic mass is 9.94. The number of ether oxygens (including phenoxy) is 2. The van der Waals surface area contributed by atoms with E-state index < -0.39 is 191 Å². The van der Waals surface area contributed by atoms with Crippen LogP contribution in [0.25, 0.3) is 0 Å². The number of halogens is 36. The third-order valence-electron chi connectivity index (χ3n) is 19.4. The van der Waals surface area contributed by atoms with Crippen LogP contribution in [0.2, 0.25) is 13.1 Å². The molecule has 134 heavy (non-hydrogen) atoms. The number of hydrogen-bond donors (Lipinski definition) is 0. The molecule has 0 radical (unpaired) electrons. The zero-order valence-electron chi connectivity index (χ0n) is 71.5. The van der Waals surface area contributed by atoms with Crippen LogP contribution in [0.15, 0.2) is 220 Å². The molecular weight excluding hydrogens is 1970 g/mol. The first-order chi connectivity index (χ1) is 60.9. The third-order valence-corrected chi connectivity index (χ3v) is 32.5. The van der Waals surface area contributed by atoms with Gasteiger partial charge in [-0.1, -0.05) is 148 Å².